The highest BCUT2D eigenvalue weighted by molar-refractivity contribution is 5.90. The number of carbonyl (C=O) groups is 2. The highest BCUT2D eigenvalue weighted by atomic mass is 16.3. The van der Waals surface area contributed by atoms with Gasteiger partial charge in [-0.3, -0.25) is 4.79 Å². The second-order valence-electron chi connectivity index (χ2n) is 7.80. The van der Waals surface area contributed by atoms with Gasteiger partial charge in [0.2, 0.25) is 5.91 Å². The predicted molar refractivity (Wildman–Crippen MR) is 96.1 cm³/mol. The van der Waals surface area contributed by atoms with E-state index in [-0.39, 0.29) is 23.3 Å². The van der Waals surface area contributed by atoms with Crippen molar-refractivity contribution in [3.8, 4) is 0 Å². The molecule has 2 saturated heterocycles. The van der Waals surface area contributed by atoms with Crippen LogP contribution in [0.3, 0.4) is 0 Å². The van der Waals surface area contributed by atoms with Crippen molar-refractivity contribution in [3.05, 3.63) is 30.3 Å². The number of hydrogen-bond donors (Lipinski definition) is 2. The van der Waals surface area contributed by atoms with E-state index in [2.05, 4.69) is 5.32 Å². The van der Waals surface area contributed by atoms with Gasteiger partial charge in [0, 0.05) is 37.3 Å². The number of carbonyl (C=O) groups excluding carboxylic acids is 2. The van der Waals surface area contributed by atoms with Gasteiger partial charge in [-0.05, 0) is 25.0 Å². The van der Waals surface area contributed by atoms with Gasteiger partial charge in [-0.25, -0.2) is 4.79 Å². The van der Waals surface area contributed by atoms with E-state index in [1.54, 1.807) is 9.80 Å². The van der Waals surface area contributed by atoms with Crippen molar-refractivity contribution in [1.29, 1.82) is 0 Å². The molecule has 0 aromatic heterocycles. The molecule has 6 heteroatoms. The molecule has 6 nitrogen and oxygen atoms in total. The van der Waals surface area contributed by atoms with E-state index in [9.17, 15) is 14.7 Å². The molecule has 136 valence electrons. The maximum absolute atomic E-state index is 12.8. The van der Waals surface area contributed by atoms with Crippen molar-refractivity contribution in [2.24, 2.45) is 11.3 Å². The first-order chi connectivity index (χ1) is 11.9. The number of para-hydroxylation sites is 1. The van der Waals surface area contributed by atoms with Gasteiger partial charge in [-0.1, -0.05) is 32.0 Å². The summed E-state index contributed by atoms with van der Waals surface area (Å²) in [5.74, 6) is -0.127. The molecule has 25 heavy (non-hydrogen) atoms. The average Bonchev–Trinajstić information content (AvgIpc) is 2.88. The van der Waals surface area contributed by atoms with Gasteiger partial charge in [0.05, 0.1) is 12.0 Å². The number of nitrogens with one attached hydrogen (secondary N) is 1. The fourth-order valence-corrected chi connectivity index (χ4v) is 3.63. The lowest BCUT2D eigenvalue weighted by molar-refractivity contribution is -0.136. The third kappa shape index (κ3) is 3.95. The summed E-state index contributed by atoms with van der Waals surface area (Å²) in [4.78, 5) is 28.8. The molecule has 3 amide bonds. The Balaban J connectivity index is 1.59. The highest BCUT2D eigenvalue weighted by Crippen LogP contribution is 2.31. The number of likely N-dealkylation sites (tertiary alicyclic amines) is 2. The zero-order valence-corrected chi connectivity index (χ0v) is 14.9. The number of hydrogen-bond acceptors (Lipinski definition) is 3. The number of aliphatic hydroxyl groups is 1. The Morgan fingerprint density at radius 3 is 2.52 bits per heavy atom. The third-order valence-corrected chi connectivity index (χ3v) is 5.29. The minimum atomic E-state index is -0.488. The lowest BCUT2D eigenvalue weighted by Crippen LogP contribution is -2.47. The minimum Gasteiger partial charge on any atom is -0.391 e. The molecule has 2 atom stereocenters. The summed E-state index contributed by atoms with van der Waals surface area (Å²) < 4.78 is 0. The van der Waals surface area contributed by atoms with Gasteiger partial charge in [-0.2, -0.15) is 0 Å². The van der Waals surface area contributed by atoms with Gasteiger partial charge in [0.25, 0.3) is 0 Å². The topological polar surface area (TPSA) is 72.9 Å². The quantitative estimate of drug-likeness (QED) is 0.863. The molecule has 0 saturated carbocycles. The second kappa shape index (κ2) is 7.04. The number of piperidine rings is 1. The monoisotopic (exact) mass is 345 g/mol. The van der Waals surface area contributed by atoms with Gasteiger partial charge in [0.15, 0.2) is 0 Å². The predicted octanol–water partition coefficient (Wildman–Crippen LogP) is 2.16. The van der Waals surface area contributed by atoms with Crippen molar-refractivity contribution < 1.29 is 14.7 Å². The van der Waals surface area contributed by atoms with E-state index in [1.165, 1.54) is 0 Å². The van der Waals surface area contributed by atoms with Crippen LogP contribution in [0.25, 0.3) is 0 Å². The van der Waals surface area contributed by atoms with Gasteiger partial charge >= 0.3 is 6.03 Å². The molecule has 0 aliphatic carbocycles. The van der Waals surface area contributed by atoms with Gasteiger partial charge in [0.1, 0.15) is 0 Å². The number of benzene rings is 1. The molecule has 0 spiro atoms. The van der Waals surface area contributed by atoms with E-state index in [4.69, 9.17) is 0 Å². The van der Waals surface area contributed by atoms with Crippen LogP contribution < -0.4 is 5.32 Å². The van der Waals surface area contributed by atoms with E-state index < -0.39 is 6.10 Å². The number of β-amino-alcohol motifs (C(OH)–C–C–N with tert-alkyl or cyclic N) is 1. The molecule has 3 rings (SSSR count). The molecule has 1 aromatic carbocycles. The fourth-order valence-electron chi connectivity index (χ4n) is 3.63. The van der Waals surface area contributed by atoms with Crippen molar-refractivity contribution in [3.63, 3.8) is 0 Å². The van der Waals surface area contributed by atoms with Crippen LogP contribution in [0.15, 0.2) is 30.3 Å². The smallest absolute Gasteiger partial charge is 0.321 e. The average molecular weight is 345 g/mol. The Hall–Kier alpha value is -2.08. The number of nitrogens with zero attached hydrogens (tertiary/aromatic N) is 2. The Kier molecular flexibility index (Phi) is 4.99. The van der Waals surface area contributed by atoms with Gasteiger partial charge < -0.3 is 20.2 Å². The van der Waals surface area contributed by atoms with E-state index in [1.807, 2.05) is 44.2 Å². The first-order valence-electron chi connectivity index (χ1n) is 8.94. The summed E-state index contributed by atoms with van der Waals surface area (Å²) in [6.45, 7) is 6.01. The number of anilines is 1. The van der Waals surface area contributed by atoms with E-state index >= 15 is 0 Å². The molecule has 2 heterocycles. The number of rotatable bonds is 2. The Bertz CT molecular complexity index is 632. The molecular formula is C19H27N3O3. The minimum absolute atomic E-state index is 0.0573. The zero-order chi connectivity index (χ0) is 18.0. The lowest BCUT2D eigenvalue weighted by Gasteiger charge is -2.34. The summed E-state index contributed by atoms with van der Waals surface area (Å²) in [5, 5.41) is 13.0. The van der Waals surface area contributed by atoms with E-state index in [0.717, 1.165) is 18.5 Å². The number of urea groups is 1. The van der Waals surface area contributed by atoms with Crippen LogP contribution in [0.1, 0.15) is 26.7 Å². The molecule has 2 aliphatic rings. The maximum Gasteiger partial charge on any atom is 0.321 e. The summed E-state index contributed by atoms with van der Waals surface area (Å²) >= 11 is 0. The van der Waals surface area contributed by atoms with Crippen molar-refractivity contribution in [2.45, 2.75) is 32.8 Å². The van der Waals surface area contributed by atoms with Crippen LogP contribution in [0, 0.1) is 11.3 Å². The Morgan fingerprint density at radius 1 is 1.16 bits per heavy atom. The van der Waals surface area contributed by atoms with Crippen LogP contribution >= 0.6 is 0 Å². The van der Waals surface area contributed by atoms with Crippen LogP contribution in [-0.2, 0) is 4.79 Å². The number of amides is 3. The largest absolute Gasteiger partial charge is 0.391 e. The zero-order valence-electron chi connectivity index (χ0n) is 14.9. The SMILES string of the molecule is CC1(C)CN(C(=O)[C@@H]2CCCN(C(=O)Nc3ccccc3)C2)C[C@@H]1O. The Morgan fingerprint density at radius 2 is 1.88 bits per heavy atom. The van der Waals surface area contributed by atoms with Crippen molar-refractivity contribution in [1.82, 2.24) is 9.80 Å². The summed E-state index contributed by atoms with van der Waals surface area (Å²) in [6.07, 6.45) is 1.12. The first kappa shape index (κ1) is 17.7. The standard InChI is InChI=1S/C19H27N3O3/c1-19(2)13-22(12-16(19)23)17(24)14-7-6-10-21(11-14)18(25)20-15-8-4-3-5-9-15/h3-5,8-9,14,16,23H,6-7,10-13H2,1-2H3,(H,20,25)/t14-,16+/m1/s1. The van der Waals surface area contributed by atoms with Crippen LogP contribution in [-0.4, -0.2) is 59.1 Å². The van der Waals surface area contributed by atoms with Crippen molar-refractivity contribution in [2.75, 3.05) is 31.5 Å². The normalized spacial score (nSPS) is 25.7. The molecule has 0 unspecified atom stereocenters. The molecule has 2 fully saturated rings. The molecule has 0 radical (unpaired) electrons. The molecule has 2 aliphatic heterocycles. The molecule has 2 N–H and O–H groups in total. The summed E-state index contributed by atoms with van der Waals surface area (Å²) in [6, 6.07) is 9.18. The van der Waals surface area contributed by atoms with E-state index in [0.29, 0.717) is 26.2 Å². The third-order valence-electron chi connectivity index (χ3n) is 5.29. The second-order valence-corrected chi connectivity index (χ2v) is 7.80. The Labute approximate surface area is 148 Å². The molecule has 0 bridgehead atoms. The van der Waals surface area contributed by atoms with Crippen molar-refractivity contribution >= 4 is 17.6 Å². The first-order valence-corrected chi connectivity index (χ1v) is 8.94. The van der Waals surface area contributed by atoms with Crippen LogP contribution in [0.4, 0.5) is 10.5 Å². The molecular weight excluding hydrogens is 318 g/mol. The maximum atomic E-state index is 12.8. The number of aliphatic hydroxyl groups excluding tert-OH is 1. The summed E-state index contributed by atoms with van der Waals surface area (Å²) in [5.41, 5.74) is 0.486. The summed E-state index contributed by atoms with van der Waals surface area (Å²) in [7, 11) is 0. The van der Waals surface area contributed by atoms with Crippen LogP contribution in [0.5, 0.6) is 0 Å². The van der Waals surface area contributed by atoms with Crippen LogP contribution in [0.2, 0.25) is 0 Å². The highest BCUT2D eigenvalue weighted by Gasteiger charge is 2.42. The van der Waals surface area contributed by atoms with Gasteiger partial charge in [-0.15, -0.1) is 0 Å². The fraction of sp³-hybridized carbons (Fsp3) is 0.579. The molecule has 1 aromatic rings. The lowest BCUT2D eigenvalue weighted by atomic mass is 9.90.